The molecular weight excluding hydrogens is 275 g/mol. The molecule has 0 spiro atoms. The number of hydrogen-bond donors (Lipinski definition) is 2. The molecule has 2 aromatic heterocycles. The number of aromatic nitrogens is 4. The largest absolute Gasteiger partial charge is 0.318 e. The molecule has 7 nitrogen and oxygen atoms in total. The van der Waals surface area contributed by atoms with Gasteiger partial charge in [-0.2, -0.15) is 0 Å². The molecule has 1 saturated heterocycles. The van der Waals surface area contributed by atoms with Crippen molar-refractivity contribution in [3.63, 3.8) is 0 Å². The molecule has 0 atom stereocenters. The number of pyridine rings is 1. The van der Waals surface area contributed by atoms with E-state index in [-0.39, 0.29) is 17.4 Å². The smallest absolute Gasteiger partial charge is 0.277 e. The predicted octanol–water partition coefficient (Wildman–Crippen LogP) is 0.989. The Morgan fingerprint density at radius 1 is 1.43 bits per heavy atom. The normalized spacial score (nSPS) is 15.9. The third kappa shape index (κ3) is 3.05. The molecule has 1 aliphatic heterocycles. The number of rotatable bonds is 3. The molecule has 0 bridgehead atoms. The van der Waals surface area contributed by atoms with E-state index in [9.17, 15) is 9.18 Å². The zero-order valence-electron chi connectivity index (χ0n) is 11.3. The van der Waals surface area contributed by atoms with Crippen molar-refractivity contribution in [1.29, 1.82) is 0 Å². The van der Waals surface area contributed by atoms with Gasteiger partial charge in [0.05, 0.1) is 24.1 Å². The van der Waals surface area contributed by atoms with Crippen molar-refractivity contribution in [2.45, 2.75) is 18.9 Å². The van der Waals surface area contributed by atoms with Gasteiger partial charge in [0, 0.05) is 6.20 Å². The Hall–Kier alpha value is -2.35. The van der Waals surface area contributed by atoms with Gasteiger partial charge in [-0.25, -0.2) is 9.07 Å². The lowest BCUT2D eigenvalue weighted by Crippen LogP contribution is -2.29. The van der Waals surface area contributed by atoms with Gasteiger partial charge in [0.25, 0.3) is 5.91 Å². The van der Waals surface area contributed by atoms with Gasteiger partial charge in [-0.15, -0.1) is 5.10 Å². The van der Waals surface area contributed by atoms with Crippen LogP contribution >= 0.6 is 0 Å². The van der Waals surface area contributed by atoms with Crippen molar-refractivity contribution >= 4 is 11.6 Å². The van der Waals surface area contributed by atoms with Crippen LogP contribution < -0.4 is 10.6 Å². The number of carbonyl (C=O) groups excluding carboxylic acids is 1. The minimum absolute atomic E-state index is 0.0754. The molecule has 1 amide bonds. The Labute approximate surface area is 120 Å². The van der Waals surface area contributed by atoms with Crippen molar-refractivity contribution < 1.29 is 9.18 Å². The Morgan fingerprint density at radius 2 is 2.24 bits per heavy atom. The number of anilines is 1. The fourth-order valence-corrected chi connectivity index (χ4v) is 2.29. The van der Waals surface area contributed by atoms with E-state index in [1.165, 1.54) is 12.3 Å². The monoisotopic (exact) mass is 290 g/mol. The van der Waals surface area contributed by atoms with Crippen molar-refractivity contribution in [3.8, 4) is 0 Å². The molecule has 0 saturated carbocycles. The van der Waals surface area contributed by atoms with Crippen molar-refractivity contribution in [3.05, 3.63) is 36.2 Å². The number of piperidine rings is 1. The van der Waals surface area contributed by atoms with Crippen LogP contribution in [0, 0.1) is 5.82 Å². The van der Waals surface area contributed by atoms with Crippen LogP contribution in [0.5, 0.6) is 0 Å². The van der Waals surface area contributed by atoms with Crippen molar-refractivity contribution in [2.24, 2.45) is 0 Å². The third-order valence-corrected chi connectivity index (χ3v) is 3.45. The second-order valence-electron chi connectivity index (χ2n) is 4.87. The minimum atomic E-state index is -0.586. The molecule has 2 aromatic rings. The lowest BCUT2D eigenvalue weighted by Gasteiger charge is -2.22. The first kappa shape index (κ1) is 13.6. The van der Waals surface area contributed by atoms with E-state index < -0.39 is 11.7 Å². The first-order chi connectivity index (χ1) is 10.2. The summed E-state index contributed by atoms with van der Waals surface area (Å²) in [6.45, 7) is 1.85. The summed E-state index contributed by atoms with van der Waals surface area (Å²) in [7, 11) is 0. The summed E-state index contributed by atoms with van der Waals surface area (Å²) in [6.07, 6.45) is 5.95. The number of nitrogens with zero attached hydrogens (tertiary/aromatic N) is 4. The molecule has 0 aliphatic carbocycles. The van der Waals surface area contributed by atoms with Crippen LogP contribution in [0.4, 0.5) is 10.1 Å². The van der Waals surface area contributed by atoms with Crippen molar-refractivity contribution in [1.82, 2.24) is 25.3 Å². The minimum Gasteiger partial charge on any atom is -0.318 e. The summed E-state index contributed by atoms with van der Waals surface area (Å²) >= 11 is 0. The van der Waals surface area contributed by atoms with Crippen LogP contribution in [0.25, 0.3) is 0 Å². The van der Waals surface area contributed by atoms with Gasteiger partial charge in [-0.05, 0) is 32.0 Å². The fourth-order valence-electron chi connectivity index (χ4n) is 2.29. The topological polar surface area (TPSA) is 84.7 Å². The molecule has 2 N–H and O–H groups in total. The number of hydrogen-bond acceptors (Lipinski definition) is 5. The SMILES string of the molecule is O=C(Nc1ccncc1F)c1cn(C2CCNCC2)nn1. The van der Waals surface area contributed by atoms with Crippen LogP contribution in [0.1, 0.15) is 29.4 Å². The molecule has 0 unspecified atom stereocenters. The van der Waals surface area contributed by atoms with Crippen molar-refractivity contribution in [2.75, 3.05) is 18.4 Å². The summed E-state index contributed by atoms with van der Waals surface area (Å²) in [5.41, 5.74) is 0.246. The van der Waals surface area contributed by atoms with E-state index in [4.69, 9.17) is 0 Å². The maximum atomic E-state index is 13.4. The second-order valence-corrected chi connectivity index (χ2v) is 4.87. The highest BCUT2D eigenvalue weighted by atomic mass is 19.1. The van der Waals surface area contributed by atoms with Gasteiger partial charge in [0.1, 0.15) is 0 Å². The summed E-state index contributed by atoms with van der Waals surface area (Å²) < 4.78 is 15.1. The molecular formula is C13H15FN6O. The molecule has 21 heavy (non-hydrogen) atoms. The average molecular weight is 290 g/mol. The first-order valence-electron chi connectivity index (χ1n) is 6.77. The lowest BCUT2D eigenvalue weighted by molar-refractivity contribution is 0.102. The summed E-state index contributed by atoms with van der Waals surface area (Å²) in [6, 6.07) is 1.64. The van der Waals surface area contributed by atoms with E-state index in [0.717, 1.165) is 32.1 Å². The van der Waals surface area contributed by atoms with E-state index >= 15 is 0 Å². The van der Waals surface area contributed by atoms with E-state index in [2.05, 4.69) is 25.9 Å². The summed E-state index contributed by atoms with van der Waals surface area (Å²) in [4.78, 5) is 15.7. The highest BCUT2D eigenvalue weighted by molar-refractivity contribution is 6.02. The Balaban J connectivity index is 1.71. The van der Waals surface area contributed by atoms with Crippen LogP contribution in [0.15, 0.2) is 24.7 Å². The Bertz CT molecular complexity index is 637. The van der Waals surface area contributed by atoms with Crippen LogP contribution in [0.3, 0.4) is 0 Å². The third-order valence-electron chi connectivity index (χ3n) is 3.45. The van der Waals surface area contributed by atoms with E-state index in [0.29, 0.717) is 0 Å². The predicted molar refractivity (Wildman–Crippen MR) is 73.3 cm³/mol. The quantitative estimate of drug-likeness (QED) is 0.880. The zero-order chi connectivity index (χ0) is 14.7. The number of amides is 1. The van der Waals surface area contributed by atoms with Crippen LogP contribution in [-0.2, 0) is 0 Å². The average Bonchev–Trinajstić information content (AvgIpc) is 3.00. The highest BCUT2D eigenvalue weighted by Crippen LogP contribution is 2.17. The molecule has 8 heteroatoms. The summed E-state index contributed by atoms with van der Waals surface area (Å²) in [5, 5.41) is 13.6. The molecule has 0 aromatic carbocycles. The van der Waals surface area contributed by atoms with E-state index in [1.807, 2.05) is 0 Å². The number of carbonyl (C=O) groups is 1. The fraction of sp³-hybridized carbons (Fsp3) is 0.385. The number of halogens is 1. The van der Waals surface area contributed by atoms with Gasteiger partial charge < -0.3 is 10.6 Å². The molecule has 1 aliphatic rings. The van der Waals surface area contributed by atoms with Gasteiger partial charge in [0.15, 0.2) is 11.5 Å². The van der Waals surface area contributed by atoms with Crippen LogP contribution in [-0.4, -0.2) is 39.0 Å². The van der Waals surface area contributed by atoms with Gasteiger partial charge in [-0.1, -0.05) is 5.21 Å². The molecule has 3 heterocycles. The Morgan fingerprint density at radius 3 is 3.00 bits per heavy atom. The molecule has 3 rings (SSSR count). The lowest BCUT2D eigenvalue weighted by atomic mass is 10.1. The second kappa shape index (κ2) is 5.96. The van der Waals surface area contributed by atoms with E-state index in [1.54, 1.807) is 10.9 Å². The zero-order valence-corrected chi connectivity index (χ0v) is 11.3. The number of nitrogens with one attached hydrogen (secondary N) is 2. The molecule has 0 radical (unpaired) electrons. The van der Waals surface area contributed by atoms with Gasteiger partial charge in [0.2, 0.25) is 0 Å². The maximum absolute atomic E-state index is 13.4. The standard InChI is InChI=1S/C13H15FN6O/c14-10-7-16-6-3-11(10)17-13(21)12-8-20(19-18-12)9-1-4-15-5-2-9/h3,6-9,15H,1-2,4-5H2,(H,16,17,21). The summed E-state index contributed by atoms with van der Waals surface area (Å²) in [5.74, 6) is -1.07. The first-order valence-corrected chi connectivity index (χ1v) is 6.77. The molecule has 1 fully saturated rings. The van der Waals surface area contributed by atoms with Crippen LogP contribution in [0.2, 0.25) is 0 Å². The Kier molecular flexibility index (Phi) is 3.87. The molecule has 110 valence electrons. The van der Waals surface area contributed by atoms with Gasteiger partial charge in [-0.3, -0.25) is 9.78 Å². The highest BCUT2D eigenvalue weighted by Gasteiger charge is 2.19. The maximum Gasteiger partial charge on any atom is 0.277 e. The van der Waals surface area contributed by atoms with Gasteiger partial charge >= 0.3 is 0 Å².